The summed E-state index contributed by atoms with van der Waals surface area (Å²) in [5.74, 6) is 0.566. The lowest BCUT2D eigenvalue weighted by Crippen LogP contribution is -2.35. The van der Waals surface area contributed by atoms with E-state index in [1.807, 2.05) is 0 Å². The van der Waals surface area contributed by atoms with Crippen LogP contribution in [0.3, 0.4) is 0 Å². The molecule has 36 heavy (non-hydrogen) atoms. The van der Waals surface area contributed by atoms with E-state index in [1.165, 1.54) is 11.1 Å². The largest absolute Gasteiger partial charge is 0.484 e. The van der Waals surface area contributed by atoms with E-state index in [1.54, 1.807) is 78.9 Å². The van der Waals surface area contributed by atoms with Crippen LogP contribution in [0.25, 0.3) is 0 Å². The molecule has 1 unspecified atom stereocenters. The molecule has 2 aromatic rings. The van der Waals surface area contributed by atoms with Gasteiger partial charge in [-0.3, -0.25) is 5.32 Å². The number of pyridine rings is 1. The molecule has 10 heteroatoms. The molecule has 9 nitrogen and oxygen atoms in total. The van der Waals surface area contributed by atoms with E-state index in [-0.39, 0.29) is 5.82 Å². The van der Waals surface area contributed by atoms with Gasteiger partial charge in [0, 0.05) is 37.3 Å². The SMILES string of the molecule is CN(CCC(Oc1cc(Cl)ccc1C#N)c1ccnc(NC(=O)OC(C)(C)C)c1)C(=O)OC(C)(C)C. The Kier molecular flexibility index (Phi) is 9.54. The summed E-state index contributed by atoms with van der Waals surface area (Å²) in [7, 11) is 1.63. The van der Waals surface area contributed by atoms with Crippen molar-refractivity contribution >= 4 is 29.6 Å². The number of nitrogens with one attached hydrogen (secondary N) is 1. The van der Waals surface area contributed by atoms with Crippen molar-refractivity contribution < 1.29 is 23.8 Å². The number of nitriles is 1. The van der Waals surface area contributed by atoms with Crippen LogP contribution < -0.4 is 10.1 Å². The van der Waals surface area contributed by atoms with Gasteiger partial charge in [0.2, 0.25) is 0 Å². The van der Waals surface area contributed by atoms with Crippen LogP contribution >= 0.6 is 11.6 Å². The van der Waals surface area contributed by atoms with Gasteiger partial charge < -0.3 is 19.1 Å². The fourth-order valence-electron chi connectivity index (χ4n) is 3.00. The minimum atomic E-state index is -0.667. The number of benzene rings is 1. The average molecular weight is 517 g/mol. The summed E-state index contributed by atoms with van der Waals surface area (Å²) < 4.78 is 16.9. The number of carbonyl (C=O) groups excluding carboxylic acids is 2. The Morgan fingerprint density at radius 2 is 1.78 bits per heavy atom. The van der Waals surface area contributed by atoms with Gasteiger partial charge in [-0.1, -0.05) is 11.6 Å². The highest BCUT2D eigenvalue weighted by atomic mass is 35.5. The van der Waals surface area contributed by atoms with Crippen molar-refractivity contribution in [2.24, 2.45) is 0 Å². The van der Waals surface area contributed by atoms with Crippen LogP contribution in [0.1, 0.15) is 65.2 Å². The normalized spacial score (nSPS) is 12.2. The Morgan fingerprint density at radius 1 is 1.11 bits per heavy atom. The lowest BCUT2D eigenvalue weighted by molar-refractivity contribution is 0.0278. The lowest BCUT2D eigenvalue weighted by Gasteiger charge is -2.27. The number of anilines is 1. The van der Waals surface area contributed by atoms with Gasteiger partial charge >= 0.3 is 12.2 Å². The molecule has 2 amide bonds. The molecule has 0 fully saturated rings. The molecule has 1 heterocycles. The second-order valence-electron chi connectivity index (χ2n) is 10.2. The maximum Gasteiger partial charge on any atom is 0.413 e. The third-order valence-electron chi connectivity index (χ3n) is 4.55. The van der Waals surface area contributed by atoms with Crippen molar-refractivity contribution in [1.29, 1.82) is 5.26 Å². The summed E-state index contributed by atoms with van der Waals surface area (Å²) in [6.07, 6.45) is 0.157. The minimum Gasteiger partial charge on any atom is -0.484 e. The zero-order chi connectivity index (χ0) is 27.1. The van der Waals surface area contributed by atoms with Gasteiger partial charge in [0.25, 0.3) is 0 Å². The van der Waals surface area contributed by atoms with Crippen LogP contribution in [0.15, 0.2) is 36.5 Å². The summed E-state index contributed by atoms with van der Waals surface area (Å²) >= 11 is 6.14. The third-order valence-corrected chi connectivity index (χ3v) is 4.79. The maximum absolute atomic E-state index is 12.4. The van der Waals surface area contributed by atoms with E-state index >= 15 is 0 Å². The molecule has 194 valence electrons. The first-order valence-electron chi connectivity index (χ1n) is 11.4. The first-order valence-corrected chi connectivity index (χ1v) is 11.8. The molecule has 0 saturated carbocycles. The molecule has 0 aliphatic heterocycles. The number of rotatable bonds is 7. The zero-order valence-electron chi connectivity index (χ0n) is 21.7. The van der Waals surface area contributed by atoms with Gasteiger partial charge in [0.05, 0.1) is 5.56 Å². The molecule has 1 aromatic heterocycles. The second kappa shape index (κ2) is 12.0. The number of halogens is 1. The summed E-state index contributed by atoms with van der Waals surface area (Å²) in [6.45, 7) is 11.0. The molecule has 0 aliphatic carbocycles. The van der Waals surface area contributed by atoms with Crippen LogP contribution in [0.2, 0.25) is 5.02 Å². The van der Waals surface area contributed by atoms with Crippen molar-refractivity contribution in [1.82, 2.24) is 9.88 Å². The molecule has 0 bridgehead atoms. The second-order valence-corrected chi connectivity index (χ2v) is 10.6. The van der Waals surface area contributed by atoms with Crippen molar-refractivity contribution in [3.8, 4) is 11.8 Å². The Bertz CT molecular complexity index is 1120. The first-order chi connectivity index (χ1) is 16.7. The molecule has 0 saturated heterocycles. The minimum absolute atomic E-state index is 0.266. The van der Waals surface area contributed by atoms with Gasteiger partial charge in [-0.2, -0.15) is 5.26 Å². The third kappa shape index (κ3) is 9.62. The number of hydrogen-bond acceptors (Lipinski definition) is 7. The predicted octanol–water partition coefficient (Wildman–Crippen LogP) is 6.33. The molecule has 1 aromatic carbocycles. The van der Waals surface area contributed by atoms with Crippen LogP contribution in [-0.2, 0) is 9.47 Å². The fourth-order valence-corrected chi connectivity index (χ4v) is 3.16. The Hall–Kier alpha value is -3.51. The lowest BCUT2D eigenvalue weighted by atomic mass is 10.1. The fraction of sp³-hybridized carbons (Fsp3) is 0.462. The van der Waals surface area contributed by atoms with Gasteiger partial charge in [-0.15, -0.1) is 0 Å². The Balaban J connectivity index is 2.30. The Labute approximate surface area is 217 Å². The van der Waals surface area contributed by atoms with Gasteiger partial charge in [-0.25, -0.2) is 14.6 Å². The van der Waals surface area contributed by atoms with Crippen molar-refractivity contribution in [3.63, 3.8) is 0 Å². The number of amides is 2. The molecular weight excluding hydrogens is 484 g/mol. The smallest absolute Gasteiger partial charge is 0.413 e. The summed E-state index contributed by atoms with van der Waals surface area (Å²) in [5, 5.41) is 12.5. The monoisotopic (exact) mass is 516 g/mol. The molecular formula is C26H33ClN4O5. The molecule has 1 atom stereocenters. The summed E-state index contributed by atoms with van der Waals surface area (Å²) in [5.41, 5.74) is -0.319. The highest BCUT2D eigenvalue weighted by Gasteiger charge is 2.23. The number of hydrogen-bond donors (Lipinski definition) is 1. The van der Waals surface area contributed by atoms with E-state index in [2.05, 4.69) is 16.4 Å². The number of aromatic nitrogens is 1. The number of carbonyl (C=O) groups is 2. The standard InChI is InChI=1S/C26H33ClN4O5/c1-25(2,3)35-23(32)30-22-14-17(10-12-29-22)20(11-13-31(7)24(33)36-26(4,5)6)34-21-15-19(27)9-8-18(21)16-28/h8-10,12,14-15,20H,11,13H2,1-7H3,(H,29,30,32). The Morgan fingerprint density at radius 3 is 2.39 bits per heavy atom. The molecule has 2 rings (SSSR count). The average Bonchev–Trinajstić information content (AvgIpc) is 2.74. The quantitative estimate of drug-likeness (QED) is 0.457. The topological polar surface area (TPSA) is 114 Å². The number of nitrogens with zero attached hydrogens (tertiary/aromatic N) is 3. The highest BCUT2D eigenvalue weighted by Crippen LogP contribution is 2.31. The van der Waals surface area contributed by atoms with Gasteiger partial charge in [0.15, 0.2) is 0 Å². The summed E-state index contributed by atoms with van der Waals surface area (Å²) in [6, 6.07) is 10.2. The van der Waals surface area contributed by atoms with E-state index in [0.717, 1.165) is 0 Å². The first kappa shape index (κ1) is 28.7. The zero-order valence-corrected chi connectivity index (χ0v) is 22.5. The van der Waals surface area contributed by atoms with Gasteiger partial charge in [0.1, 0.15) is 34.9 Å². The van der Waals surface area contributed by atoms with Crippen LogP contribution in [0.5, 0.6) is 5.75 Å². The van der Waals surface area contributed by atoms with E-state index in [4.69, 9.17) is 25.8 Å². The molecule has 1 N–H and O–H groups in total. The maximum atomic E-state index is 12.4. The van der Waals surface area contributed by atoms with E-state index < -0.39 is 29.5 Å². The molecule has 0 spiro atoms. The van der Waals surface area contributed by atoms with Crippen LogP contribution in [-0.4, -0.2) is 46.9 Å². The predicted molar refractivity (Wildman–Crippen MR) is 137 cm³/mol. The number of ether oxygens (including phenoxy) is 3. The van der Waals surface area contributed by atoms with E-state index in [0.29, 0.717) is 34.9 Å². The van der Waals surface area contributed by atoms with Crippen molar-refractivity contribution in [3.05, 3.63) is 52.7 Å². The van der Waals surface area contributed by atoms with Gasteiger partial charge in [-0.05, 0) is 71.4 Å². The summed E-state index contributed by atoms with van der Waals surface area (Å²) in [4.78, 5) is 30.3. The van der Waals surface area contributed by atoms with Crippen molar-refractivity contribution in [2.75, 3.05) is 18.9 Å². The van der Waals surface area contributed by atoms with E-state index in [9.17, 15) is 14.9 Å². The molecule has 0 aliphatic rings. The van der Waals surface area contributed by atoms with Crippen molar-refractivity contribution in [2.45, 2.75) is 65.3 Å². The molecule has 0 radical (unpaired) electrons. The van der Waals surface area contributed by atoms with Crippen LogP contribution in [0, 0.1) is 11.3 Å². The highest BCUT2D eigenvalue weighted by molar-refractivity contribution is 6.30. The van der Waals surface area contributed by atoms with Crippen LogP contribution in [0.4, 0.5) is 15.4 Å².